The Hall–Kier alpha value is -2.96. The molecule has 0 spiro atoms. The molecule has 0 fully saturated rings. The predicted octanol–water partition coefficient (Wildman–Crippen LogP) is 3.08. The Morgan fingerprint density at radius 3 is 2.00 bits per heavy atom. The van der Waals surface area contributed by atoms with Gasteiger partial charge >= 0.3 is 18.1 Å². The largest absolute Gasteiger partial charge is 0.478 e. The molecule has 0 amide bonds. The number of halogens is 6. The number of hydrogen-bond donors (Lipinski definition) is 4. The molecule has 5 N–H and O–H groups in total. The minimum Gasteiger partial charge on any atom is -0.478 e. The number of aromatic nitrogens is 1. The van der Waals surface area contributed by atoms with Gasteiger partial charge in [0.1, 0.15) is 28.6 Å². The van der Waals surface area contributed by atoms with E-state index < -0.39 is 73.4 Å². The number of alkyl halides is 3. The standard InChI is InChI=1S/C14H6BrF5N2O5/c15-3-1-2(14(18,19)20)8(16)5(9(3)17)4-6(12(24)25)10(21)22-11(23)7(4)13(26)27/h1H,(H,24,25)(H,26,27)(H3,21,22,23). The summed E-state index contributed by atoms with van der Waals surface area (Å²) in [5.41, 5.74) is -4.18. The van der Waals surface area contributed by atoms with Crippen LogP contribution in [0, 0.1) is 11.6 Å². The number of nitrogen functional groups attached to an aromatic ring is 1. The van der Waals surface area contributed by atoms with Crippen molar-refractivity contribution in [3.05, 3.63) is 49.2 Å². The number of rotatable bonds is 3. The Kier molecular flexibility index (Phi) is 5.01. The number of H-pyrrole nitrogens is 1. The highest BCUT2D eigenvalue weighted by Crippen LogP contribution is 2.42. The van der Waals surface area contributed by atoms with Crippen molar-refractivity contribution in [1.29, 1.82) is 0 Å². The number of carbonyl (C=O) groups is 2. The van der Waals surface area contributed by atoms with Gasteiger partial charge in [-0.05, 0) is 22.0 Å². The summed E-state index contributed by atoms with van der Waals surface area (Å²) < 4.78 is 67.1. The fourth-order valence-corrected chi connectivity index (χ4v) is 2.75. The summed E-state index contributed by atoms with van der Waals surface area (Å²) in [7, 11) is 0. The van der Waals surface area contributed by atoms with Crippen molar-refractivity contribution < 1.29 is 41.8 Å². The summed E-state index contributed by atoms with van der Waals surface area (Å²) in [4.78, 5) is 36.3. The lowest BCUT2D eigenvalue weighted by Gasteiger charge is -2.17. The number of anilines is 1. The fraction of sp³-hybridized carbons (Fsp3) is 0.0714. The summed E-state index contributed by atoms with van der Waals surface area (Å²) in [5, 5.41) is 18.4. The van der Waals surface area contributed by atoms with Crippen molar-refractivity contribution in [2.24, 2.45) is 0 Å². The minimum absolute atomic E-state index is 0.0472. The lowest BCUT2D eigenvalue weighted by Crippen LogP contribution is -2.25. The SMILES string of the molecule is Nc1[nH]c(=O)c(C(=O)O)c(-c2c(F)c(Br)cc(C(F)(F)F)c2F)c1C(=O)O. The van der Waals surface area contributed by atoms with E-state index in [1.54, 1.807) is 4.98 Å². The van der Waals surface area contributed by atoms with Crippen molar-refractivity contribution in [1.82, 2.24) is 4.98 Å². The van der Waals surface area contributed by atoms with Crippen LogP contribution in [-0.4, -0.2) is 27.1 Å². The van der Waals surface area contributed by atoms with Gasteiger partial charge in [0.15, 0.2) is 0 Å². The van der Waals surface area contributed by atoms with Crippen molar-refractivity contribution in [2.75, 3.05) is 5.73 Å². The van der Waals surface area contributed by atoms with Gasteiger partial charge in [0, 0.05) is 5.56 Å². The molecule has 7 nitrogen and oxygen atoms in total. The molecule has 0 aliphatic heterocycles. The summed E-state index contributed by atoms with van der Waals surface area (Å²) in [5.74, 6) is -9.23. The lowest BCUT2D eigenvalue weighted by molar-refractivity contribution is -0.140. The number of nitrogens with two attached hydrogens (primary N) is 1. The van der Waals surface area contributed by atoms with Crippen molar-refractivity contribution in [3.63, 3.8) is 0 Å². The molecule has 0 saturated carbocycles. The molecule has 0 aliphatic rings. The molecule has 2 rings (SSSR count). The van der Waals surface area contributed by atoms with Crippen LogP contribution in [0.1, 0.15) is 26.3 Å². The summed E-state index contributed by atoms with van der Waals surface area (Å²) in [6.07, 6.45) is -5.34. The Morgan fingerprint density at radius 2 is 1.56 bits per heavy atom. The van der Waals surface area contributed by atoms with E-state index in [-0.39, 0.29) is 6.07 Å². The summed E-state index contributed by atoms with van der Waals surface area (Å²) >= 11 is 2.43. The second kappa shape index (κ2) is 6.64. The molecule has 1 aromatic heterocycles. The van der Waals surface area contributed by atoms with Crippen LogP contribution in [0.4, 0.5) is 27.8 Å². The molecule has 1 heterocycles. The van der Waals surface area contributed by atoms with E-state index in [1.165, 1.54) is 0 Å². The average Bonchev–Trinajstić information content (AvgIpc) is 2.48. The van der Waals surface area contributed by atoms with Gasteiger partial charge < -0.3 is 20.9 Å². The molecule has 0 atom stereocenters. The smallest absolute Gasteiger partial charge is 0.419 e. The number of pyridine rings is 1. The average molecular weight is 457 g/mol. The molecule has 144 valence electrons. The Labute approximate surface area is 153 Å². The minimum atomic E-state index is -5.34. The maximum Gasteiger partial charge on any atom is 0.419 e. The van der Waals surface area contributed by atoms with E-state index in [1.807, 2.05) is 0 Å². The molecule has 0 unspecified atom stereocenters. The summed E-state index contributed by atoms with van der Waals surface area (Å²) in [6.45, 7) is 0. The fourth-order valence-electron chi connectivity index (χ4n) is 2.33. The van der Waals surface area contributed by atoms with Crippen LogP contribution in [0.5, 0.6) is 0 Å². The highest BCUT2D eigenvalue weighted by molar-refractivity contribution is 9.10. The lowest BCUT2D eigenvalue weighted by atomic mass is 9.93. The molecule has 2 aromatic rings. The quantitative estimate of drug-likeness (QED) is 0.414. The molecule has 27 heavy (non-hydrogen) atoms. The zero-order valence-corrected chi connectivity index (χ0v) is 14.1. The van der Waals surface area contributed by atoms with Crippen LogP contribution < -0.4 is 11.3 Å². The highest BCUT2D eigenvalue weighted by atomic mass is 79.9. The number of benzene rings is 1. The van der Waals surface area contributed by atoms with E-state index in [2.05, 4.69) is 15.9 Å². The Bertz CT molecular complexity index is 1050. The molecule has 13 heteroatoms. The number of aromatic carboxylic acids is 2. The van der Waals surface area contributed by atoms with Crippen molar-refractivity contribution >= 4 is 33.7 Å². The Balaban J connectivity index is 3.21. The van der Waals surface area contributed by atoms with Gasteiger partial charge in [-0.25, -0.2) is 18.4 Å². The topological polar surface area (TPSA) is 133 Å². The van der Waals surface area contributed by atoms with E-state index in [4.69, 9.17) is 10.8 Å². The van der Waals surface area contributed by atoms with E-state index in [9.17, 15) is 41.4 Å². The number of hydrogen-bond acceptors (Lipinski definition) is 4. The number of carboxylic acids is 2. The molecule has 1 aromatic carbocycles. The molecular formula is C14H6BrF5N2O5. The first-order valence-electron chi connectivity index (χ1n) is 6.56. The van der Waals surface area contributed by atoms with Crippen LogP contribution in [0.3, 0.4) is 0 Å². The Morgan fingerprint density at radius 1 is 1.04 bits per heavy atom. The zero-order chi connectivity index (χ0) is 20.8. The zero-order valence-electron chi connectivity index (χ0n) is 12.5. The third-order valence-electron chi connectivity index (χ3n) is 3.38. The second-order valence-electron chi connectivity index (χ2n) is 5.01. The molecule has 0 aliphatic carbocycles. The molecule has 0 bridgehead atoms. The van der Waals surface area contributed by atoms with Crippen molar-refractivity contribution in [2.45, 2.75) is 6.18 Å². The van der Waals surface area contributed by atoms with E-state index in [0.29, 0.717) is 0 Å². The first-order valence-corrected chi connectivity index (χ1v) is 7.35. The number of nitrogens with one attached hydrogen (secondary N) is 1. The van der Waals surface area contributed by atoms with Gasteiger partial charge in [-0.3, -0.25) is 4.79 Å². The van der Waals surface area contributed by atoms with Crippen molar-refractivity contribution in [3.8, 4) is 11.1 Å². The van der Waals surface area contributed by atoms with Crippen LogP contribution in [0.15, 0.2) is 15.3 Å². The maximum atomic E-state index is 14.5. The predicted molar refractivity (Wildman–Crippen MR) is 83.4 cm³/mol. The number of aromatic amines is 1. The first-order chi connectivity index (χ1) is 12.3. The summed E-state index contributed by atoms with van der Waals surface area (Å²) in [6, 6.07) is 0.0472. The van der Waals surface area contributed by atoms with Gasteiger partial charge in [0.2, 0.25) is 0 Å². The van der Waals surface area contributed by atoms with Crippen LogP contribution in [0.25, 0.3) is 11.1 Å². The molecule has 0 saturated heterocycles. The number of carboxylic acid groups (broad SMARTS) is 2. The second-order valence-corrected chi connectivity index (χ2v) is 5.86. The van der Waals surface area contributed by atoms with Gasteiger partial charge in [-0.2, -0.15) is 13.2 Å². The van der Waals surface area contributed by atoms with E-state index >= 15 is 0 Å². The third kappa shape index (κ3) is 3.37. The van der Waals surface area contributed by atoms with Crippen LogP contribution in [-0.2, 0) is 6.18 Å². The van der Waals surface area contributed by atoms with Gasteiger partial charge in [-0.15, -0.1) is 0 Å². The van der Waals surface area contributed by atoms with Crippen LogP contribution >= 0.6 is 15.9 Å². The highest BCUT2D eigenvalue weighted by Gasteiger charge is 2.39. The van der Waals surface area contributed by atoms with Gasteiger partial charge in [0.25, 0.3) is 5.56 Å². The molecular weight excluding hydrogens is 451 g/mol. The van der Waals surface area contributed by atoms with Crippen LogP contribution in [0.2, 0.25) is 0 Å². The third-order valence-corrected chi connectivity index (χ3v) is 3.96. The normalized spacial score (nSPS) is 11.5. The maximum absolute atomic E-state index is 14.5. The molecule has 0 radical (unpaired) electrons. The van der Waals surface area contributed by atoms with E-state index in [0.717, 1.165) is 0 Å². The van der Waals surface area contributed by atoms with Gasteiger partial charge in [-0.1, -0.05) is 0 Å². The first kappa shape index (κ1) is 20.4. The monoisotopic (exact) mass is 456 g/mol. The van der Waals surface area contributed by atoms with Gasteiger partial charge in [0.05, 0.1) is 15.6 Å².